The highest BCUT2D eigenvalue weighted by atomic mass is 127. The first-order chi connectivity index (χ1) is 8.27. The number of fused-ring (bicyclic) bond motifs is 1. The molecular weight excluding hydrogens is 323 g/mol. The van der Waals surface area contributed by atoms with Gasteiger partial charge in [0.05, 0.1) is 9.09 Å². The molecular formula is C14H11IN2. The smallest absolute Gasteiger partial charge is 0.107 e. The van der Waals surface area contributed by atoms with Gasteiger partial charge >= 0.3 is 0 Å². The number of aryl methyl sites for hydroxylation is 1. The summed E-state index contributed by atoms with van der Waals surface area (Å²) in [6.45, 7) is 2.07. The van der Waals surface area contributed by atoms with Crippen LogP contribution in [0.3, 0.4) is 0 Å². The van der Waals surface area contributed by atoms with Gasteiger partial charge in [-0.1, -0.05) is 36.4 Å². The van der Waals surface area contributed by atoms with Crippen LogP contribution in [0.1, 0.15) is 5.69 Å². The second kappa shape index (κ2) is 4.14. The third kappa shape index (κ3) is 1.74. The van der Waals surface area contributed by atoms with Gasteiger partial charge in [0.15, 0.2) is 0 Å². The first kappa shape index (κ1) is 10.8. The van der Waals surface area contributed by atoms with E-state index < -0.39 is 0 Å². The van der Waals surface area contributed by atoms with Gasteiger partial charge in [-0.3, -0.25) is 0 Å². The zero-order valence-electron chi connectivity index (χ0n) is 9.39. The van der Waals surface area contributed by atoms with Crippen LogP contribution in [0.2, 0.25) is 0 Å². The molecule has 84 valence electrons. The molecule has 0 aliphatic carbocycles. The summed E-state index contributed by atoms with van der Waals surface area (Å²) in [7, 11) is 0. The minimum atomic E-state index is 1.06. The molecule has 3 aromatic rings. The fourth-order valence-corrected chi connectivity index (χ4v) is 2.78. The second-order valence-corrected chi connectivity index (χ2v) is 5.07. The number of aromatic nitrogens is 2. The van der Waals surface area contributed by atoms with Crippen LogP contribution in [0.4, 0.5) is 0 Å². The lowest BCUT2D eigenvalue weighted by atomic mass is 10.1. The maximum atomic E-state index is 4.69. The van der Waals surface area contributed by atoms with Crippen molar-refractivity contribution < 1.29 is 0 Å². The van der Waals surface area contributed by atoms with E-state index in [-0.39, 0.29) is 0 Å². The number of hydrogen-bond donors (Lipinski definition) is 0. The first-order valence-corrected chi connectivity index (χ1v) is 6.54. The minimum absolute atomic E-state index is 1.06. The van der Waals surface area contributed by atoms with E-state index in [9.17, 15) is 0 Å². The molecule has 1 aromatic carbocycles. The van der Waals surface area contributed by atoms with Crippen LogP contribution in [0.5, 0.6) is 0 Å². The Kier molecular flexibility index (Phi) is 2.63. The molecule has 0 spiro atoms. The highest BCUT2D eigenvalue weighted by Crippen LogP contribution is 2.27. The Labute approximate surface area is 113 Å². The fourth-order valence-electron chi connectivity index (χ4n) is 1.95. The molecule has 2 aromatic heterocycles. The summed E-state index contributed by atoms with van der Waals surface area (Å²) < 4.78 is 3.21. The van der Waals surface area contributed by atoms with Crippen molar-refractivity contribution in [3.8, 4) is 11.3 Å². The molecule has 0 N–H and O–H groups in total. The van der Waals surface area contributed by atoms with Crippen molar-refractivity contribution in [1.82, 2.24) is 9.61 Å². The summed E-state index contributed by atoms with van der Waals surface area (Å²) in [5.41, 5.74) is 4.55. The van der Waals surface area contributed by atoms with Gasteiger partial charge in [0.2, 0.25) is 0 Å². The second-order valence-electron chi connectivity index (χ2n) is 3.99. The van der Waals surface area contributed by atoms with Crippen LogP contribution in [0.25, 0.3) is 16.8 Å². The van der Waals surface area contributed by atoms with E-state index in [4.69, 9.17) is 5.10 Å². The van der Waals surface area contributed by atoms with Gasteiger partial charge < -0.3 is 0 Å². The lowest BCUT2D eigenvalue weighted by molar-refractivity contribution is 0.918. The molecule has 2 nitrogen and oxygen atoms in total. The maximum absolute atomic E-state index is 4.69. The molecule has 0 bridgehead atoms. The van der Waals surface area contributed by atoms with Gasteiger partial charge in [-0.2, -0.15) is 5.10 Å². The largest absolute Gasteiger partial charge is 0.236 e. The Morgan fingerprint density at radius 2 is 1.76 bits per heavy atom. The van der Waals surface area contributed by atoms with Crippen LogP contribution in [0, 0.1) is 10.5 Å². The Morgan fingerprint density at radius 3 is 2.47 bits per heavy atom. The molecule has 0 fully saturated rings. The Balaban J connectivity index is 2.32. The molecule has 0 aliphatic rings. The van der Waals surface area contributed by atoms with E-state index in [1.807, 2.05) is 22.7 Å². The lowest BCUT2D eigenvalue weighted by Crippen LogP contribution is -1.91. The van der Waals surface area contributed by atoms with E-state index in [0.717, 1.165) is 11.4 Å². The Bertz CT molecular complexity index is 671. The van der Waals surface area contributed by atoms with Crippen molar-refractivity contribution in [3.05, 3.63) is 57.8 Å². The molecule has 0 atom stereocenters. The van der Waals surface area contributed by atoms with Crippen molar-refractivity contribution in [2.75, 3.05) is 0 Å². The summed E-state index contributed by atoms with van der Waals surface area (Å²) in [5.74, 6) is 0. The monoisotopic (exact) mass is 334 g/mol. The number of rotatable bonds is 1. The summed E-state index contributed by atoms with van der Waals surface area (Å²) in [5, 5.41) is 4.69. The van der Waals surface area contributed by atoms with E-state index in [2.05, 4.69) is 59.8 Å². The number of benzene rings is 1. The quantitative estimate of drug-likeness (QED) is 0.617. The maximum Gasteiger partial charge on any atom is 0.107 e. The molecule has 3 heteroatoms. The van der Waals surface area contributed by atoms with Crippen molar-refractivity contribution >= 4 is 28.1 Å². The van der Waals surface area contributed by atoms with Crippen LogP contribution >= 0.6 is 22.6 Å². The predicted octanol–water partition coefficient (Wildman–Crippen LogP) is 3.91. The van der Waals surface area contributed by atoms with Gasteiger partial charge in [0, 0.05) is 11.3 Å². The summed E-state index contributed by atoms with van der Waals surface area (Å²) >= 11 is 2.37. The molecule has 0 amide bonds. The minimum Gasteiger partial charge on any atom is -0.236 e. The van der Waals surface area contributed by atoms with Crippen LogP contribution < -0.4 is 0 Å². The zero-order chi connectivity index (χ0) is 11.8. The molecule has 3 rings (SSSR count). The Hall–Kier alpha value is -1.36. The molecule has 0 radical (unpaired) electrons. The molecule has 17 heavy (non-hydrogen) atoms. The number of nitrogens with zero attached hydrogens (tertiary/aromatic N) is 2. The van der Waals surface area contributed by atoms with Crippen molar-refractivity contribution in [3.63, 3.8) is 0 Å². The Morgan fingerprint density at radius 1 is 1.00 bits per heavy atom. The SMILES string of the molecule is Cc1cccc2c(I)c(-c3ccccc3)nn12. The third-order valence-electron chi connectivity index (χ3n) is 2.83. The van der Waals surface area contributed by atoms with Gasteiger partial charge in [-0.15, -0.1) is 0 Å². The standard InChI is InChI=1S/C14H11IN2/c1-10-6-5-9-12-13(15)14(16-17(10)12)11-7-3-2-4-8-11/h2-9H,1H3. The van der Waals surface area contributed by atoms with E-state index in [1.54, 1.807) is 0 Å². The van der Waals surface area contributed by atoms with Gasteiger partial charge in [-0.05, 0) is 41.6 Å². The predicted molar refractivity (Wildman–Crippen MR) is 78.1 cm³/mol. The number of halogens is 1. The van der Waals surface area contributed by atoms with Gasteiger partial charge in [0.1, 0.15) is 5.69 Å². The van der Waals surface area contributed by atoms with Gasteiger partial charge in [-0.25, -0.2) is 4.52 Å². The van der Waals surface area contributed by atoms with E-state index in [0.29, 0.717) is 0 Å². The normalized spacial score (nSPS) is 10.9. The zero-order valence-corrected chi connectivity index (χ0v) is 11.5. The topological polar surface area (TPSA) is 17.3 Å². The summed E-state index contributed by atoms with van der Waals surface area (Å²) in [6, 6.07) is 16.6. The number of pyridine rings is 1. The van der Waals surface area contributed by atoms with E-state index in [1.165, 1.54) is 14.7 Å². The molecule has 0 saturated carbocycles. The molecule has 2 heterocycles. The first-order valence-electron chi connectivity index (χ1n) is 5.46. The van der Waals surface area contributed by atoms with Crippen molar-refractivity contribution in [1.29, 1.82) is 0 Å². The van der Waals surface area contributed by atoms with Crippen LogP contribution in [-0.2, 0) is 0 Å². The van der Waals surface area contributed by atoms with Crippen molar-refractivity contribution in [2.45, 2.75) is 6.92 Å². The van der Waals surface area contributed by atoms with Crippen LogP contribution in [0.15, 0.2) is 48.5 Å². The fraction of sp³-hybridized carbons (Fsp3) is 0.0714. The summed E-state index contributed by atoms with van der Waals surface area (Å²) in [4.78, 5) is 0. The number of hydrogen-bond acceptors (Lipinski definition) is 1. The average Bonchev–Trinajstić information content (AvgIpc) is 2.70. The summed E-state index contributed by atoms with van der Waals surface area (Å²) in [6.07, 6.45) is 0. The van der Waals surface area contributed by atoms with Crippen LogP contribution in [-0.4, -0.2) is 9.61 Å². The average molecular weight is 334 g/mol. The lowest BCUT2D eigenvalue weighted by Gasteiger charge is -1.96. The third-order valence-corrected chi connectivity index (χ3v) is 3.90. The van der Waals surface area contributed by atoms with Crippen molar-refractivity contribution in [2.24, 2.45) is 0 Å². The highest BCUT2D eigenvalue weighted by Gasteiger charge is 2.12. The molecule has 0 aliphatic heterocycles. The molecule has 0 unspecified atom stereocenters. The van der Waals surface area contributed by atoms with Gasteiger partial charge in [0.25, 0.3) is 0 Å². The highest BCUT2D eigenvalue weighted by molar-refractivity contribution is 14.1. The van der Waals surface area contributed by atoms with E-state index >= 15 is 0 Å². The molecule has 0 saturated heterocycles.